The van der Waals surface area contributed by atoms with E-state index in [2.05, 4.69) is 16.9 Å². The summed E-state index contributed by atoms with van der Waals surface area (Å²) in [4.78, 5) is 16.3. The van der Waals surface area contributed by atoms with E-state index in [1.54, 1.807) is 19.4 Å². The molecule has 1 atom stereocenters. The largest absolute Gasteiger partial charge is 0.497 e. The Balaban J connectivity index is 2.11. The molecule has 0 spiro atoms. The van der Waals surface area contributed by atoms with Crippen LogP contribution in [0.4, 0.5) is 0 Å². The molecule has 0 aliphatic heterocycles. The minimum absolute atomic E-state index is 0.0332. The lowest BCUT2D eigenvalue weighted by atomic mass is 10.3. The van der Waals surface area contributed by atoms with E-state index in [1.807, 2.05) is 42.0 Å². The molecule has 0 bridgehead atoms. The lowest BCUT2D eigenvalue weighted by molar-refractivity contribution is -0.120. The Hall–Kier alpha value is -2.21. The number of amides is 1. The van der Waals surface area contributed by atoms with Gasteiger partial charge in [-0.05, 0) is 31.2 Å². The van der Waals surface area contributed by atoms with Crippen LogP contribution in [0.2, 0.25) is 0 Å². The zero-order valence-corrected chi connectivity index (χ0v) is 13.5. The lowest BCUT2D eigenvalue weighted by Gasteiger charge is -2.12. The Bertz CT molecular complexity index is 637. The molecule has 0 saturated heterocycles. The molecule has 1 unspecified atom stereocenters. The minimum atomic E-state index is -0.237. The molecule has 5 nitrogen and oxygen atoms in total. The number of carbonyl (C=O) groups excluding carboxylic acids is 1. The third-order valence-corrected chi connectivity index (χ3v) is 4.11. The Morgan fingerprint density at radius 1 is 1.50 bits per heavy atom. The maximum atomic E-state index is 11.9. The van der Waals surface area contributed by atoms with Crippen molar-refractivity contribution >= 4 is 17.7 Å². The summed E-state index contributed by atoms with van der Waals surface area (Å²) in [5.74, 6) is 0.768. The first-order valence-electron chi connectivity index (χ1n) is 6.88. The summed E-state index contributed by atoms with van der Waals surface area (Å²) in [7, 11) is 1.64. The SMILES string of the molecule is C=CCNC(=O)C(C)Sc1nccn1-c1ccc(OC)cc1. The average molecular weight is 317 g/mol. The quantitative estimate of drug-likeness (QED) is 0.630. The van der Waals surface area contributed by atoms with Crippen LogP contribution in [0.1, 0.15) is 6.92 Å². The van der Waals surface area contributed by atoms with Crippen LogP contribution in [0.25, 0.3) is 5.69 Å². The Morgan fingerprint density at radius 3 is 2.86 bits per heavy atom. The van der Waals surface area contributed by atoms with Crippen LogP contribution in [0.5, 0.6) is 5.75 Å². The Kier molecular flexibility index (Phi) is 5.66. The van der Waals surface area contributed by atoms with Gasteiger partial charge in [0.15, 0.2) is 5.16 Å². The first-order chi connectivity index (χ1) is 10.7. The summed E-state index contributed by atoms with van der Waals surface area (Å²) in [5, 5.41) is 3.32. The van der Waals surface area contributed by atoms with Gasteiger partial charge in [0.2, 0.25) is 5.91 Å². The number of imidazole rings is 1. The molecule has 1 heterocycles. The van der Waals surface area contributed by atoms with Gasteiger partial charge in [-0.25, -0.2) is 4.98 Å². The van der Waals surface area contributed by atoms with Gasteiger partial charge in [0.25, 0.3) is 0 Å². The summed E-state index contributed by atoms with van der Waals surface area (Å²) in [6.07, 6.45) is 5.26. The fourth-order valence-corrected chi connectivity index (χ4v) is 2.75. The van der Waals surface area contributed by atoms with Crippen molar-refractivity contribution in [3.05, 3.63) is 49.3 Å². The van der Waals surface area contributed by atoms with E-state index >= 15 is 0 Å². The molecule has 2 aromatic rings. The van der Waals surface area contributed by atoms with Crippen LogP contribution in [-0.2, 0) is 4.79 Å². The summed E-state index contributed by atoms with van der Waals surface area (Å²) >= 11 is 1.41. The van der Waals surface area contributed by atoms with E-state index < -0.39 is 0 Å². The zero-order valence-electron chi connectivity index (χ0n) is 12.7. The standard InChI is InChI=1S/C16H19N3O2S/c1-4-9-17-15(20)12(2)22-16-18-10-11-19(16)13-5-7-14(21-3)8-6-13/h4-8,10-12H,1,9H2,2-3H3,(H,17,20). The molecule has 1 aromatic heterocycles. The highest BCUT2D eigenvalue weighted by molar-refractivity contribution is 8.00. The number of nitrogens with one attached hydrogen (secondary N) is 1. The third kappa shape index (κ3) is 3.92. The van der Waals surface area contributed by atoms with Crippen molar-refractivity contribution in [1.82, 2.24) is 14.9 Å². The number of aromatic nitrogens is 2. The van der Waals surface area contributed by atoms with Gasteiger partial charge < -0.3 is 10.1 Å². The molecule has 22 heavy (non-hydrogen) atoms. The number of hydrogen-bond donors (Lipinski definition) is 1. The maximum Gasteiger partial charge on any atom is 0.233 e. The molecule has 0 fully saturated rings. The van der Waals surface area contributed by atoms with Crippen molar-refractivity contribution in [2.45, 2.75) is 17.3 Å². The van der Waals surface area contributed by atoms with Gasteiger partial charge in [-0.15, -0.1) is 6.58 Å². The highest BCUT2D eigenvalue weighted by atomic mass is 32.2. The highest BCUT2D eigenvalue weighted by Crippen LogP contribution is 2.25. The zero-order chi connectivity index (χ0) is 15.9. The number of benzene rings is 1. The van der Waals surface area contributed by atoms with Crippen molar-refractivity contribution in [2.75, 3.05) is 13.7 Å². The Morgan fingerprint density at radius 2 is 2.23 bits per heavy atom. The van der Waals surface area contributed by atoms with E-state index in [0.717, 1.165) is 16.6 Å². The number of rotatable bonds is 7. The van der Waals surface area contributed by atoms with E-state index in [1.165, 1.54) is 11.8 Å². The molecule has 1 amide bonds. The second kappa shape index (κ2) is 7.70. The van der Waals surface area contributed by atoms with Crippen LogP contribution in [-0.4, -0.2) is 34.4 Å². The van der Waals surface area contributed by atoms with Crippen molar-refractivity contribution < 1.29 is 9.53 Å². The molecular weight excluding hydrogens is 298 g/mol. The molecule has 0 aliphatic rings. The Labute approximate surface area is 134 Å². The van der Waals surface area contributed by atoms with Gasteiger partial charge in [-0.1, -0.05) is 17.8 Å². The van der Waals surface area contributed by atoms with Crippen LogP contribution in [0, 0.1) is 0 Å². The smallest absolute Gasteiger partial charge is 0.233 e. The third-order valence-electron chi connectivity index (χ3n) is 3.03. The number of carbonyl (C=O) groups is 1. The molecule has 2 rings (SSSR count). The molecule has 0 radical (unpaired) electrons. The highest BCUT2D eigenvalue weighted by Gasteiger charge is 2.17. The first-order valence-corrected chi connectivity index (χ1v) is 7.76. The number of methoxy groups -OCH3 is 1. The average Bonchev–Trinajstić information content (AvgIpc) is 3.00. The number of nitrogens with zero attached hydrogens (tertiary/aromatic N) is 2. The summed E-state index contributed by atoms with van der Waals surface area (Å²) in [5.41, 5.74) is 0.972. The van der Waals surface area contributed by atoms with Gasteiger partial charge in [0.05, 0.1) is 12.4 Å². The number of ether oxygens (including phenoxy) is 1. The monoisotopic (exact) mass is 317 g/mol. The molecule has 1 N–H and O–H groups in total. The van der Waals surface area contributed by atoms with Crippen LogP contribution < -0.4 is 10.1 Å². The molecule has 6 heteroatoms. The lowest BCUT2D eigenvalue weighted by Crippen LogP contribution is -2.31. The van der Waals surface area contributed by atoms with Gasteiger partial charge >= 0.3 is 0 Å². The van der Waals surface area contributed by atoms with Crippen molar-refractivity contribution in [1.29, 1.82) is 0 Å². The number of hydrogen-bond acceptors (Lipinski definition) is 4. The predicted molar refractivity (Wildman–Crippen MR) is 88.6 cm³/mol. The molecular formula is C16H19N3O2S. The summed E-state index contributed by atoms with van der Waals surface area (Å²) in [6.45, 7) is 5.91. The molecule has 0 saturated carbocycles. The van der Waals surface area contributed by atoms with Crippen LogP contribution >= 0.6 is 11.8 Å². The topological polar surface area (TPSA) is 56.2 Å². The van der Waals surface area contributed by atoms with Crippen LogP contribution in [0.3, 0.4) is 0 Å². The predicted octanol–water partition coefficient (Wildman–Crippen LogP) is 2.66. The van der Waals surface area contributed by atoms with Gasteiger partial charge in [0, 0.05) is 24.6 Å². The van der Waals surface area contributed by atoms with E-state index in [0.29, 0.717) is 6.54 Å². The fraction of sp³-hybridized carbons (Fsp3) is 0.250. The minimum Gasteiger partial charge on any atom is -0.497 e. The molecule has 0 aliphatic carbocycles. The summed E-state index contributed by atoms with van der Waals surface area (Å²) < 4.78 is 7.11. The second-order valence-corrected chi connectivity index (χ2v) is 5.88. The summed E-state index contributed by atoms with van der Waals surface area (Å²) in [6, 6.07) is 7.69. The normalized spacial score (nSPS) is 11.7. The van der Waals surface area contributed by atoms with Crippen molar-refractivity contribution in [3.63, 3.8) is 0 Å². The van der Waals surface area contributed by atoms with E-state index in [4.69, 9.17) is 4.74 Å². The van der Waals surface area contributed by atoms with Gasteiger partial charge in [0.1, 0.15) is 5.75 Å². The maximum absolute atomic E-state index is 11.9. The second-order valence-electron chi connectivity index (χ2n) is 4.57. The van der Waals surface area contributed by atoms with E-state index in [-0.39, 0.29) is 11.2 Å². The number of thioether (sulfide) groups is 1. The van der Waals surface area contributed by atoms with Crippen LogP contribution in [0.15, 0.2) is 54.5 Å². The fourth-order valence-electron chi connectivity index (χ4n) is 1.84. The first kappa shape index (κ1) is 16.2. The molecule has 116 valence electrons. The van der Waals surface area contributed by atoms with Gasteiger partial charge in [-0.2, -0.15) is 0 Å². The van der Waals surface area contributed by atoms with Crippen molar-refractivity contribution in [2.24, 2.45) is 0 Å². The van der Waals surface area contributed by atoms with E-state index in [9.17, 15) is 4.79 Å². The van der Waals surface area contributed by atoms with Crippen molar-refractivity contribution in [3.8, 4) is 11.4 Å². The molecule has 1 aromatic carbocycles. The van der Waals surface area contributed by atoms with Gasteiger partial charge in [-0.3, -0.25) is 9.36 Å².